The Balaban J connectivity index is 1.69. The first-order chi connectivity index (χ1) is 12.2. The quantitative estimate of drug-likeness (QED) is 0.812. The Labute approximate surface area is 157 Å². The third-order valence-corrected chi connectivity index (χ3v) is 6.00. The van der Waals surface area contributed by atoms with Crippen LogP contribution in [0, 0.1) is 11.3 Å². The second-order valence-electron chi connectivity index (χ2n) is 9.26. The van der Waals surface area contributed by atoms with Crippen molar-refractivity contribution in [1.29, 1.82) is 0 Å². The minimum atomic E-state index is -0.713. The monoisotopic (exact) mass is 355 g/mol. The number of hydrogen-bond donors (Lipinski definition) is 2. The number of aliphatic hydroxyl groups excluding tert-OH is 1. The summed E-state index contributed by atoms with van der Waals surface area (Å²) in [6.45, 7) is 8.81. The summed E-state index contributed by atoms with van der Waals surface area (Å²) in [5.74, 6) is 1.75. The Morgan fingerprint density at radius 2 is 1.58 bits per heavy atom. The van der Waals surface area contributed by atoms with Crippen LogP contribution in [0.3, 0.4) is 0 Å². The number of rotatable bonds is 4. The van der Waals surface area contributed by atoms with Gasteiger partial charge in [-0.25, -0.2) is 0 Å². The van der Waals surface area contributed by atoms with Crippen molar-refractivity contribution in [3.63, 3.8) is 0 Å². The van der Waals surface area contributed by atoms with E-state index in [0.29, 0.717) is 11.5 Å². The van der Waals surface area contributed by atoms with E-state index >= 15 is 0 Å². The molecule has 0 aromatic heterocycles. The zero-order valence-corrected chi connectivity index (χ0v) is 16.6. The molecule has 0 amide bonds. The van der Waals surface area contributed by atoms with Crippen LogP contribution < -0.4 is 10.5 Å². The van der Waals surface area contributed by atoms with Crippen molar-refractivity contribution in [2.45, 2.75) is 65.0 Å². The number of nitrogens with two attached hydrogens (primary N) is 1. The van der Waals surface area contributed by atoms with E-state index < -0.39 is 5.54 Å². The van der Waals surface area contributed by atoms with Gasteiger partial charge in [-0.2, -0.15) is 0 Å². The van der Waals surface area contributed by atoms with Gasteiger partial charge in [-0.3, -0.25) is 0 Å². The van der Waals surface area contributed by atoms with Crippen molar-refractivity contribution >= 4 is 10.8 Å². The van der Waals surface area contributed by atoms with Crippen molar-refractivity contribution < 1.29 is 9.84 Å². The molecule has 1 atom stereocenters. The molecular formula is C23H33NO2. The summed E-state index contributed by atoms with van der Waals surface area (Å²) < 4.78 is 6.28. The Kier molecular flexibility index (Phi) is 5.32. The van der Waals surface area contributed by atoms with Crippen LogP contribution in [0.15, 0.2) is 36.4 Å². The number of aliphatic hydroxyl groups is 1. The molecule has 0 spiro atoms. The highest BCUT2D eigenvalue weighted by Gasteiger charge is 2.30. The number of fused-ring (bicyclic) bond motifs is 1. The van der Waals surface area contributed by atoms with Crippen LogP contribution >= 0.6 is 0 Å². The van der Waals surface area contributed by atoms with E-state index in [1.54, 1.807) is 0 Å². The Hall–Kier alpha value is -1.58. The summed E-state index contributed by atoms with van der Waals surface area (Å²) in [4.78, 5) is 0. The van der Waals surface area contributed by atoms with Crippen molar-refractivity contribution in [1.82, 2.24) is 0 Å². The molecule has 0 heterocycles. The Bertz CT molecular complexity index is 752. The van der Waals surface area contributed by atoms with Crippen molar-refractivity contribution in [2.75, 3.05) is 6.61 Å². The summed E-state index contributed by atoms with van der Waals surface area (Å²) >= 11 is 0. The average Bonchev–Trinajstić information content (AvgIpc) is 2.61. The summed E-state index contributed by atoms with van der Waals surface area (Å²) in [5, 5.41) is 11.7. The molecule has 3 rings (SSSR count). The van der Waals surface area contributed by atoms with Gasteiger partial charge in [-0.1, -0.05) is 39.0 Å². The lowest BCUT2D eigenvalue weighted by Gasteiger charge is -2.37. The predicted molar refractivity (Wildman–Crippen MR) is 108 cm³/mol. The summed E-state index contributed by atoms with van der Waals surface area (Å²) in [6, 6.07) is 12.4. The highest BCUT2D eigenvalue weighted by atomic mass is 16.5. The lowest BCUT2D eigenvalue weighted by Crippen LogP contribution is -2.36. The Morgan fingerprint density at radius 3 is 2.19 bits per heavy atom. The minimum absolute atomic E-state index is 0.0725. The second-order valence-corrected chi connectivity index (χ2v) is 9.26. The fraction of sp³-hybridized carbons (Fsp3) is 0.565. The molecule has 2 aromatic rings. The van der Waals surface area contributed by atoms with Crippen LogP contribution in [0.25, 0.3) is 10.8 Å². The molecule has 0 bridgehead atoms. The molecule has 0 saturated heterocycles. The third-order valence-electron chi connectivity index (χ3n) is 6.00. The normalized spacial score (nSPS) is 23.6. The van der Waals surface area contributed by atoms with Gasteiger partial charge in [-0.15, -0.1) is 0 Å². The van der Waals surface area contributed by atoms with E-state index in [0.717, 1.165) is 40.8 Å². The van der Waals surface area contributed by atoms with E-state index in [2.05, 4.69) is 51.1 Å². The summed E-state index contributed by atoms with van der Waals surface area (Å²) in [7, 11) is 0. The standard InChI is InChI=1S/C23H33NO2/c1-22(2,3)18-8-11-20(12-9-18)26-21-10-6-16-13-19(23(4,24)15-25)7-5-17(16)14-21/h5-7,10,13-14,18,20,25H,8-9,11-12,15,24H2,1-4H3/t18-,20-,23-/m0/s1. The Morgan fingerprint density at radius 1 is 0.962 bits per heavy atom. The van der Waals surface area contributed by atoms with Gasteiger partial charge in [-0.05, 0) is 78.5 Å². The van der Waals surface area contributed by atoms with Crippen molar-refractivity contribution in [2.24, 2.45) is 17.1 Å². The first kappa shape index (κ1) is 19.2. The molecule has 0 unspecified atom stereocenters. The van der Waals surface area contributed by atoms with Gasteiger partial charge in [0, 0.05) is 0 Å². The molecule has 1 saturated carbocycles. The fourth-order valence-electron chi connectivity index (χ4n) is 3.98. The third kappa shape index (κ3) is 4.21. The molecule has 0 aliphatic heterocycles. The molecule has 3 N–H and O–H groups in total. The number of hydrogen-bond acceptors (Lipinski definition) is 3. The molecule has 142 valence electrons. The number of benzene rings is 2. The first-order valence-electron chi connectivity index (χ1n) is 9.80. The largest absolute Gasteiger partial charge is 0.490 e. The van der Waals surface area contributed by atoms with E-state index in [1.165, 1.54) is 12.8 Å². The topological polar surface area (TPSA) is 55.5 Å². The molecule has 1 aliphatic rings. The molecule has 3 heteroatoms. The maximum atomic E-state index is 9.47. The lowest BCUT2D eigenvalue weighted by molar-refractivity contribution is 0.0883. The van der Waals surface area contributed by atoms with Crippen molar-refractivity contribution in [3.8, 4) is 5.75 Å². The first-order valence-corrected chi connectivity index (χ1v) is 9.80. The van der Waals surface area contributed by atoms with Gasteiger partial charge in [0.05, 0.1) is 18.2 Å². The molecule has 0 radical (unpaired) electrons. The molecule has 3 nitrogen and oxygen atoms in total. The molecular weight excluding hydrogens is 322 g/mol. The number of ether oxygens (including phenoxy) is 1. The highest BCUT2D eigenvalue weighted by Crippen LogP contribution is 2.39. The van der Waals surface area contributed by atoms with E-state index in [1.807, 2.05) is 13.0 Å². The van der Waals surface area contributed by atoms with Crippen LogP contribution in [-0.4, -0.2) is 17.8 Å². The summed E-state index contributed by atoms with van der Waals surface area (Å²) in [6.07, 6.45) is 5.11. The fourth-order valence-corrected chi connectivity index (χ4v) is 3.98. The zero-order valence-electron chi connectivity index (χ0n) is 16.6. The average molecular weight is 356 g/mol. The van der Waals surface area contributed by atoms with Crippen LogP contribution in [0.2, 0.25) is 0 Å². The van der Waals surface area contributed by atoms with Gasteiger partial charge < -0.3 is 15.6 Å². The van der Waals surface area contributed by atoms with Gasteiger partial charge in [0.1, 0.15) is 5.75 Å². The minimum Gasteiger partial charge on any atom is -0.490 e. The van der Waals surface area contributed by atoms with Crippen LogP contribution in [0.5, 0.6) is 5.75 Å². The lowest BCUT2D eigenvalue weighted by atomic mass is 9.72. The van der Waals surface area contributed by atoms with Gasteiger partial charge in [0.25, 0.3) is 0 Å². The zero-order chi connectivity index (χ0) is 18.9. The maximum Gasteiger partial charge on any atom is 0.120 e. The highest BCUT2D eigenvalue weighted by molar-refractivity contribution is 5.84. The smallest absolute Gasteiger partial charge is 0.120 e. The predicted octanol–water partition coefficient (Wildman–Crippen LogP) is 4.99. The van der Waals surface area contributed by atoms with Crippen LogP contribution in [0.4, 0.5) is 0 Å². The molecule has 26 heavy (non-hydrogen) atoms. The van der Waals surface area contributed by atoms with E-state index in [9.17, 15) is 5.11 Å². The molecule has 1 aliphatic carbocycles. The van der Waals surface area contributed by atoms with Gasteiger partial charge in [0.2, 0.25) is 0 Å². The molecule has 1 fully saturated rings. The summed E-state index contributed by atoms with van der Waals surface area (Å²) in [5.41, 5.74) is 6.78. The van der Waals surface area contributed by atoms with Crippen LogP contribution in [-0.2, 0) is 5.54 Å². The SMILES string of the molecule is CC(C)(C)[C@H]1CC[C@H](Oc2ccc3cc([C@@](C)(N)CO)ccc3c2)CC1. The van der Waals surface area contributed by atoms with Crippen molar-refractivity contribution in [3.05, 3.63) is 42.0 Å². The maximum absolute atomic E-state index is 9.47. The van der Waals surface area contributed by atoms with Gasteiger partial charge >= 0.3 is 0 Å². The molecule has 2 aromatic carbocycles. The van der Waals surface area contributed by atoms with Gasteiger partial charge in [0.15, 0.2) is 0 Å². The second kappa shape index (κ2) is 7.21. The van der Waals surface area contributed by atoms with Crippen LogP contribution in [0.1, 0.15) is 58.9 Å². The van der Waals surface area contributed by atoms with E-state index in [4.69, 9.17) is 10.5 Å². The van der Waals surface area contributed by atoms with E-state index in [-0.39, 0.29) is 6.61 Å².